The maximum absolute atomic E-state index is 11.1. The summed E-state index contributed by atoms with van der Waals surface area (Å²) in [4.78, 5) is 4.75. The Bertz CT molecular complexity index is 1450. The van der Waals surface area contributed by atoms with Crippen LogP contribution in [0, 0.1) is 0 Å². The van der Waals surface area contributed by atoms with Crippen LogP contribution in [0.25, 0.3) is 10.8 Å². The van der Waals surface area contributed by atoms with E-state index in [1.807, 2.05) is 0 Å². The van der Waals surface area contributed by atoms with Crippen molar-refractivity contribution in [3.63, 3.8) is 0 Å². The molecular formula is C31H29Br3N2O2. The lowest BCUT2D eigenvalue weighted by atomic mass is 9.81. The summed E-state index contributed by atoms with van der Waals surface area (Å²) in [5, 5.41) is 13.4. The van der Waals surface area contributed by atoms with Gasteiger partial charge in [0.15, 0.2) is 0 Å². The van der Waals surface area contributed by atoms with Gasteiger partial charge in [-0.15, -0.1) is 0 Å². The number of benzene rings is 4. The van der Waals surface area contributed by atoms with Gasteiger partial charge < -0.3 is 14.7 Å². The second-order valence-corrected chi connectivity index (χ2v) is 12.8. The molecule has 1 saturated heterocycles. The van der Waals surface area contributed by atoms with Gasteiger partial charge in [-0.2, -0.15) is 0 Å². The van der Waals surface area contributed by atoms with Crippen LogP contribution in [0.15, 0.2) is 86.2 Å². The minimum atomic E-state index is -0.558. The summed E-state index contributed by atoms with van der Waals surface area (Å²) in [6.07, 6.45) is 0.0737. The third kappa shape index (κ3) is 5.47. The Labute approximate surface area is 249 Å². The number of aliphatic hydroxyl groups excluding tert-OH is 1. The number of ether oxygens (including phenoxy) is 1. The summed E-state index contributed by atoms with van der Waals surface area (Å²) >= 11 is 11.0. The molecule has 0 saturated carbocycles. The molecule has 196 valence electrons. The van der Waals surface area contributed by atoms with Crippen molar-refractivity contribution in [2.24, 2.45) is 0 Å². The summed E-state index contributed by atoms with van der Waals surface area (Å²) < 4.78 is 9.87. The highest BCUT2D eigenvalue weighted by molar-refractivity contribution is 9.11. The third-order valence-corrected chi connectivity index (χ3v) is 9.39. The van der Waals surface area contributed by atoms with Crippen molar-refractivity contribution in [3.05, 3.63) is 108 Å². The van der Waals surface area contributed by atoms with E-state index in [-0.39, 0.29) is 12.7 Å². The SMILES string of the molecule is OC(COC1c2ccccc2Cc2c(Br)cc3ccc(Br)cc3c21)CN1CCN(c2ccc(Br)cc2)CC1. The van der Waals surface area contributed by atoms with Gasteiger partial charge in [-0.3, -0.25) is 4.90 Å². The first kappa shape index (κ1) is 26.5. The van der Waals surface area contributed by atoms with Crippen molar-refractivity contribution >= 4 is 64.2 Å². The minimum Gasteiger partial charge on any atom is -0.389 e. The molecule has 1 N–H and O–H groups in total. The van der Waals surface area contributed by atoms with E-state index >= 15 is 0 Å². The van der Waals surface area contributed by atoms with E-state index in [9.17, 15) is 5.11 Å². The highest BCUT2D eigenvalue weighted by atomic mass is 79.9. The molecule has 0 aromatic heterocycles. The van der Waals surface area contributed by atoms with E-state index in [4.69, 9.17) is 4.74 Å². The smallest absolute Gasteiger partial charge is 0.109 e. The topological polar surface area (TPSA) is 35.9 Å². The Morgan fingerprint density at radius 3 is 2.39 bits per heavy atom. The van der Waals surface area contributed by atoms with Gasteiger partial charge in [0.2, 0.25) is 0 Å². The Morgan fingerprint density at radius 1 is 0.868 bits per heavy atom. The Kier molecular flexibility index (Phi) is 7.94. The van der Waals surface area contributed by atoms with Crippen molar-refractivity contribution in [2.45, 2.75) is 18.6 Å². The van der Waals surface area contributed by atoms with Gasteiger partial charge in [-0.05, 0) is 81.9 Å². The third-order valence-electron chi connectivity index (χ3n) is 7.66. The molecular weight excluding hydrogens is 672 g/mol. The van der Waals surface area contributed by atoms with Crippen LogP contribution in [0.2, 0.25) is 0 Å². The average molecular weight is 701 g/mol. The molecule has 0 spiro atoms. The summed E-state index contributed by atoms with van der Waals surface area (Å²) in [6.45, 7) is 4.65. The van der Waals surface area contributed by atoms with E-state index in [1.165, 1.54) is 38.7 Å². The molecule has 2 aliphatic rings. The number of anilines is 1. The zero-order valence-electron chi connectivity index (χ0n) is 20.9. The lowest BCUT2D eigenvalue weighted by Crippen LogP contribution is -2.49. The number of piperazine rings is 1. The van der Waals surface area contributed by atoms with Crippen LogP contribution in [-0.2, 0) is 11.2 Å². The lowest BCUT2D eigenvalue weighted by molar-refractivity contribution is -0.00959. The van der Waals surface area contributed by atoms with E-state index in [0.717, 1.165) is 46.0 Å². The summed E-state index contributed by atoms with van der Waals surface area (Å²) in [5.74, 6) is 0. The van der Waals surface area contributed by atoms with Crippen LogP contribution < -0.4 is 4.90 Å². The summed E-state index contributed by atoms with van der Waals surface area (Å²) in [7, 11) is 0. The van der Waals surface area contributed by atoms with E-state index in [0.29, 0.717) is 6.54 Å². The van der Waals surface area contributed by atoms with Crippen molar-refractivity contribution in [3.8, 4) is 0 Å². The van der Waals surface area contributed by atoms with Crippen LogP contribution in [0.1, 0.15) is 28.4 Å². The molecule has 4 aromatic rings. The van der Waals surface area contributed by atoms with E-state index in [1.54, 1.807) is 0 Å². The van der Waals surface area contributed by atoms with Gasteiger partial charge >= 0.3 is 0 Å². The van der Waals surface area contributed by atoms with Gasteiger partial charge in [0.25, 0.3) is 0 Å². The van der Waals surface area contributed by atoms with Crippen LogP contribution in [0.3, 0.4) is 0 Å². The van der Waals surface area contributed by atoms with Crippen molar-refractivity contribution in [2.75, 3.05) is 44.2 Å². The highest BCUT2D eigenvalue weighted by Crippen LogP contribution is 2.44. The number of aliphatic hydroxyl groups is 1. The Hall–Kier alpha value is -1.74. The number of rotatable bonds is 6. The van der Waals surface area contributed by atoms with Crippen LogP contribution in [0.5, 0.6) is 0 Å². The van der Waals surface area contributed by atoms with Crippen LogP contribution in [-0.4, -0.2) is 55.4 Å². The van der Waals surface area contributed by atoms with Gasteiger partial charge in [-0.25, -0.2) is 0 Å². The minimum absolute atomic E-state index is 0.229. The fourth-order valence-corrected chi connectivity index (χ4v) is 6.98. The molecule has 7 heteroatoms. The van der Waals surface area contributed by atoms with E-state index < -0.39 is 6.10 Å². The zero-order chi connectivity index (χ0) is 26.2. The lowest BCUT2D eigenvalue weighted by Gasteiger charge is -2.37. The van der Waals surface area contributed by atoms with Gasteiger partial charge in [0.05, 0.1) is 12.7 Å². The molecule has 0 bridgehead atoms. The first-order chi connectivity index (χ1) is 18.5. The van der Waals surface area contributed by atoms with Gasteiger partial charge in [0.1, 0.15) is 6.10 Å². The molecule has 1 aliphatic carbocycles. The molecule has 38 heavy (non-hydrogen) atoms. The number of fused-ring (bicyclic) bond motifs is 4. The maximum Gasteiger partial charge on any atom is 0.109 e. The predicted molar refractivity (Wildman–Crippen MR) is 165 cm³/mol. The number of nitrogens with zero attached hydrogens (tertiary/aromatic N) is 2. The molecule has 4 aromatic carbocycles. The molecule has 1 aliphatic heterocycles. The largest absolute Gasteiger partial charge is 0.389 e. The zero-order valence-corrected chi connectivity index (χ0v) is 25.7. The van der Waals surface area contributed by atoms with Crippen LogP contribution in [0.4, 0.5) is 5.69 Å². The highest BCUT2D eigenvalue weighted by Gasteiger charge is 2.30. The van der Waals surface area contributed by atoms with Crippen molar-refractivity contribution in [1.29, 1.82) is 0 Å². The molecule has 0 radical (unpaired) electrons. The quantitative estimate of drug-likeness (QED) is 0.229. The summed E-state index contributed by atoms with van der Waals surface area (Å²) in [5.41, 5.74) is 6.17. The molecule has 0 amide bonds. The monoisotopic (exact) mass is 698 g/mol. The Morgan fingerprint density at radius 2 is 1.61 bits per heavy atom. The maximum atomic E-state index is 11.1. The first-order valence-corrected chi connectivity index (χ1v) is 15.3. The first-order valence-electron chi connectivity index (χ1n) is 13.0. The molecule has 1 heterocycles. The normalized spacial score (nSPS) is 18.3. The molecule has 2 unspecified atom stereocenters. The van der Waals surface area contributed by atoms with Crippen molar-refractivity contribution < 1.29 is 9.84 Å². The second kappa shape index (κ2) is 11.4. The number of hydrogen-bond acceptors (Lipinski definition) is 4. The predicted octanol–water partition coefficient (Wildman–Crippen LogP) is 7.32. The fraction of sp³-hybridized carbons (Fsp3) is 0.290. The molecule has 4 nitrogen and oxygen atoms in total. The fourth-order valence-electron chi connectivity index (χ4n) is 5.75. The van der Waals surface area contributed by atoms with Gasteiger partial charge in [0, 0.05) is 51.8 Å². The average Bonchev–Trinajstić information content (AvgIpc) is 2.93. The van der Waals surface area contributed by atoms with Crippen LogP contribution >= 0.6 is 47.8 Å². The van der Waals surface area contributed by atoms with Gasteiger partial charge in [-0.1, -0.05) is 78.1 Å². The molecule has 2 atom stereocenters. The molecule has 6 rings (SSSR count). The second-order valence-electron chi connectivity index (χ2n) is 10.1. The Balaban J connectivity index is 1.17. The number of halogens is 3. The van der Waals surface area contributed by atoms with E-state index in [2.05, 4.69) is 130 Å². The standard InChI is InChI=1S/C31H29Br3N2O2/c32-22-7-9-24(10-8-22)36-13-11-35(12-14-36)18-25(37)19-38-31-26-4-2-1-3-20(26)15-28-29(34)16-21-5-6-23(33)17-27(21)30(28)31/h1-10,16-17,25,31,37H,11-15,18-19H2. The van der Waals surface area contributed by atoms with Crippen molar-refractivity contribution in [1.82, 2.24) is 4.90 Å². The number of β-amino-alcohol motifs (C(OH)–C–C–N with tert-alkyl or cyclic N) is 1. The molecule has 1 fully saturated rings. The number of hydrogen-bond donors (Lipinski definition) is 1. The summed E-state index contributed by atoms with van der Waals surface area (Å²) in [6, 6.07) is 25.6.